The summed E-state index contributed by atoms with van der Waals surface area (Å²) >= 11 is 0. The molecule has 0 amide bonds. The number of carbonyl (C=O) groups excluding carboxylic acids is 1. The van der Waals surface area contributed by atoms with E-state index in [4.69, 9.17) is 9.47 Å². The van der Waals surface area contributed by atoms with Crippen molar-refractivity contribution in [3.05, 3.63) is 70.8 Å². The van der Waals surface area contributed by atoms with Crippen LogP contribution in [0.15, 0.2) is 36.8 Å². The Morgan fingerprint density at radius 1 is 1.16 bits per heavy atom. The predicted molar refractivity (Wildman–Crippen MR) is 113 cm³/mol. The van der Waals surface area contributed by atoms with Crippen molar-refractivity contribution >= 4 is 17.4 Å². The fraction of sp³-hybridized carbons (Fsp3) is 0.217. The Bertz CT molecular complexity index is 1410. The highest BCUT2D eigenvalue weighted by Gasteiger charge is 2.26. The van der Waals surface area contributed by atoms with Gasteiger partial charge in [-0.05, 0) is 25.1 Å². The number of esters is 1. The van der Waals surface area contributed by atoms with Gasteiger partial charge in [0.25, 0.3) is 0 Å². The number of rotatable bonds is 3. The van der Waals surface area contributed by atoms with Gasteiger partial charge in [-0.25, -0.2) is 19.2 Å². The number of carbonyl (C=O) groups is 1. The standard InChI is InChI=1S/C23H18FN5O3/c1-12-2-3-13-16-9-26-23(25-8-15-14-6-7-31-19(14)5-4-17(15)24)29-11-27-20(21(16)29)22(30)32-10-18(13)28-12/h2-5,9,11H,6-8,10H2,1H3,(H,25,26). The number of cyclic esters (lactones) is 1. The number of halogens is 1. The van der Waals surface area contributed by atoms with E-state index < -0.39 is 5.97 Å². The SMILES string of the molecule is Cc1ccc2c(n1)COC(=O)c1ncn3c(NCc4c(F)ccc5c4CCO5)ncc-2c13. The van der Waals surface area contributed by atoms with Gasteiger partial charge < -0.3 is 14.8 Å². The lowest BCUT2D eigenvalue weighted by Gasteiger charge is -2.17. The number of nitrogens with zero attached hydrogens (tertiary/aromatic N) is 4. The molecule has 0 bridgehead atoms. The van der Waals surface area contributed by atoms with Crippen molar-refractivity contribution in [3.63, 3.8) is 0 Å². The smallest absolute Gasteiger partial charge is 0.359 e. The van der Waals surface area contributed by atoms with E-state index in [1.165, 1.54) is 12.4 Å². The van der Waals surface area contributed by atoms with Crippen molar-refractivity contribution in [1.82, 2.24) is 19.4 Å². The molecule has 6 rings (SSSR count). The highest BCUT2D eigenvalue weighted by Crippen LogP contribution is 2.34. The van der Waals surface area contributed by atoms with Crippen LogP contribution < -0.4 is 10.1 Å². The summed E-state index contributed by atoms with van der Waals surface area (Å²) in [5.41, 5.74) is 5.25. The van der Waals surface area contributed by atoms with Gasteiger partial charge in [0.2, 0.25) is 5.95 Å². The first-order chi connectivity index (χ1) is 15.6. The van der Waals surface area contributed by atoms with E-state index in [-0.39, 0.29) is 24.7 Å². The van der Waals surface area contributed by atoms with Gasteiger partial charge in [0, 0.05) is 47.1 Å². The summed E-state index contributed by atoms with van der Waals surface area (Å²) < 4.78 is 27.2. The highest BCUT2D eigenvalue weighted by atomic mass is 19.1. The van der Waals surface area contributed by atoms with Gasteiger partial charge in [-0.15, -0.1) is 0 Å². The molecule has 0 spiro atoms. The molecular formula is C23H18FN5O3. The molecule has 0 saturated carbocycles. The van der Waals surface area contributed by atoms with Crippen molar-refractivity contribution < 1.29 is 18.7 Å². The topological polar surface area (TPSA) is 90.6 Å². The van der Waals surface area contributed by atoms with Crippen molar-refractivity contribution in [1.29, 1.82) is 0 Å². The second-order valence-electron chi connectivity index (χ2n) is 7.78. The molecule has 9 heteroatoms. The minimum Gasteiger partial charge on any atom is -0.493 e. The lowest BCUT2D eigenvalue weighted by Crippen LogP contribution is -2.13. The molecular weight excluding hydrogens is 413 g/mol. The molecule has 0 radical (unpaired) electrons. The van der Waals surface area contributed by atoms with E-state index in [9.17, 15) is 9.18 Å². The molecule has 1 N–H and O–H groups in total. The molecule has 3 aromatic heterocycles. The Balaban J connectivity index is 1.45. The maximum absolute atomic E-state index is 14.5. The van der Waals surface area contributed by atoms with Gasteiger partial charge in [0.05, 0.1) is 17.8 Å². The molecule has 32 heavy (non-hydrogen) atoms. The molecule has 0 fully saturated rings. The van der Waals surface area contributed by atoms with E-state index in [1.807, 2.05) is 19.1 Å². The van der Waals surface area contributed by atoms with E-state index >= 15 is 0 Å². The molecule has 0 unspecified atom stereocenters. The van der Waals surface area contributed by atoms with Crippen molar-refractivity contribution in [3.8, 4) is 16.9 Å². The number of ether oxygens (including phenoxy) is 2. The molecule has 0 saturated heterocycles. The van der Waals surface area contributed by atoms with Crippen LogP contribution in [0.3, 0.4) is 0 Å². The number of anilines is 1. The fourth-order valence-corrected chi connectivity index (χ4v) is 4.33. The number of hydrogen-bond acceptors (Lipinski definition) is 7. The van der Waals surface area contributed by atoms with Crippen LogP contribution in [-0.4, -0.2) is 31.9 Å². The number of imidazole rings is 1. The van der Waals surface area contributed by atoms with Crippen LogP contribution in [0.5, 0.6) is 5.75 Å². The Labute approximate surface area is 182 Å². The Hall–Kier alpha value is -4.01. The first kappa shape index (κ1) is 18.7. The molecule has 0 atom stereocenters. The fourth-order valence-electron chi connectivity index (χ4n) is 4.33. The van der Waals surface area contributed by atoms with E-state index in [0.717, 1.165) is 22.4 Å². The second kappa shape index (κ2) is 7.01. The van der Waals surface area contributed by atoms with Gasteiger partial charge in [-0.3, -0.25) is 9.38 Å². The van der Waals surface area contributed by atoms with Gasteiger partial charge in [0.15, 0.2) is 5.69 Å². The molecule has 2 aliphatic rings. The molecule has 0 aliphatic carbocycles. The monoisotopic (exact) mass is 431 g/mol. The molecule has 2 aliphatic heterocycles. The summed E-state index contributed by atoms with van der Waals surface area (Å²) in [6, 6.07) is 6.92. The molecule has 4 aromatic rings. The van der Waals surface area contributed by atoms with Crippen LogP contribution in [0.4, 0.5) is 10.3 Å². The summed E-state index contributed by atoms with van der Waals surface area (Å²) in [6.45, 7) is 2.71. The third-order valence-corrected chi connectivity index (χ3v) is 5.87. The number of nitrogens with one attached hydrogen (secondary N) is 1. The third-order valence-electron chi connectivity index (χ3n) is 5.87. The quantitative estimate of drug-likeness (QED) is 0.497. The Morgan fingerprint density at radius 2 is 2.06 bits per heavy atom. The number of aryl methyl sites for hydroxylation is 1. The minimum absolute atomic E-state index is 0.0643. The zero-order valence-electron chi connectivity index (χ0n) is 17.2. The normalized spacial score (nSPS) is 14.2. The Morgan fingerprint density at radius 3 is 2.97 bits per heavy atom. The number of pyridine rings is 1. The van der Waals surface area contributed by atoms with E-state index in [1.54, 1.807) is 16.7 Å². The zero-order chi connectivity index (χ0) is 21.8. The van der Waals surface area contributed by atoms with Crippen LogP contribution in [0.25, 0.3) is 16.6 Å². The predicted octanol–water partition coefficient (Wildman–Crippen LogP) is 3.46. The molecule has 8 nitrogen and oxygen atoms in total. The summed E-state index contributed by atoms with van der Waals surface area (Å²) in [6.07, 6.45) is 3.87. The van der Waals surface area contributed by atoms with Crippen molar-refractivity contribution in [2.45, 2.75) is 26.5 Å². The lowest BCUT2D eigenvalue weighted by molar-refractivity contribution is 0.0463. The average Bonchev–Trinajstić information content (AvgIpc) is 3.44. The van der Waals surface area contributed by atoms with Crippen LogP contribution >= 0.6 is 0 Å². The number of aromatic nitrogens is 4. The van der Waals surface area contributed by atoms with Crippen molar-refractivity contribution in [2.24, 2.45) is 0 Å². The first-order valence-corrected chi connectivity index (χ1v) is 10.3. The van der Waals surface area contributed by atoms with Gasteiger partial charge >= 0.3 is 5.97 Å². The number of benzene rings is 1. The highest BCUT2D eigenvalue weighted by molar-refractivity contribution is 6.01. The zero-order valence-corrected chi connectivity index (χ0v) is 17.2. The second-order valence-corrected chi connectivity index (χ2v) is 7.78. The van der Waals surface area contributed by atoms with Gasteiger partial charge in [0.1, 0.15) is 24.5 Å². The maximum atomic E-state index is 14.5. The summed E-state index contributed by atoms with van der Waals surface area (Å²) in [4.78, 5) is 26.0. The summed E-state index contributed by atoms with van der Waals surface area (Å²) in [5.74, 6) is 0.331. The molecule has 1 aromatic carbocycles. The summed E-state index contributed by atoms with van der Waals surface area (Å²) in [7, 11) is 0. The van der Waals surface area contributed by atoms with Crippen LogP contribution in [0.1, 0.15) is 33.0 Å². The van der Waals surface area contributed by atoms with Crippen LogP contribution in [-0.2, 0) is 24.3 Å². The van der Waals surface area contributed by atoms with E-state index in [0.29, 0.717) is 41.5 Å². The third kappa shape index (κ3) is 2.81. The number of hydrogen-bond donors (Lipinski definition) is 1. The summed E-state index contributed by atoms with van der Waals surface area (Å²) in [5, 5.41) is 3.20. The Kier molecular flexibility index (Phi) is 4.11. The molecule has 160 valence electrons. The largest absolute Gasteiger partial charge is 0.493 e. The van der Waals surface area contributed by atoms with Gasteiger partial charge in [-0.2, -0.15) is 0 Å². The van der Waals surface area contributed by atoms with Crippen LogP contribution in [0, 0.1) is 12.7 Å². The first-order valence-electron chi connectivity index (χ1n) is 10.3. The number of fused-ring (bicyclic) bond motifs is 3. The lowest BCUT2D eigenvalue weighted by atomic mass is 10.0. The maximum Gasteiger partial charge on any atom is 0.359 e. The van der Waals surface area contributed by atoms with Crippen LogP contribution in [0.2, 0.25) is 0 Å². The van der Waals surface area contributed by atoms with Gasteiger partial charge in [-0.1, -0.05) is 6.07 Å². The molecule has 5 heterocycles. The average molecular weight is 431 g/mol. The minimum atomic E-state index is -0.524. The van der Waals surface area contributed by atoms with Crippen molar-refractivity contribution in [2.75, 3.05) is 11.9 Å². The van der Waals surface area contributed by atoms with E-state index in [2.05, 4.69) is 20.3 Å².